The van der Waals surface area contributed by atoms with Crippen molar-refractivity contribution in [2.24, 2.45) is 0 Å². The van der Waals surface area contributed by atoms with E-state index >= 15 is 0 Å². The highest BCUT2D eigenvalue weighted by atomic mass is 15.2. The fourth-order valence-corrected chi connectivity index (χ4v) is 2.57. The Kier molecular flexibility index (Phi) is 2.76. The van der Waals surface area contributed by atoms with Crippen LogP contribution >= 0.6 is 0 Å². The first-order chi connectivity index (χ1) is 7.69. The minimum atomic E-state index is 0.231. The second-order valence-corrected chi connectivity index (χ2v) is 7.17. The number of hydrogen-bond acceptors (Lipinski definition) is 1. The summed E-state index contributed by atoms with van der Waals surface area (Å²) in [6, 6.07) is 7.01. The molecule has 0 aliphatic carbocycles. The van der Waals surface area contributed by atoms with Gasteiger partial charge in [0.25, 0.3) is 0 Å². The van der Waals surface area contributed by atoms with Crippen molar-refractivity contribution in [3.8, 4) is 0 Å². The van der Waals surface area contributed by atoms with Crippen LogP contribution in [0.4, 0.5) is 5.69 Å². The molecule has 0 radical (unpaired) electrons. The summed E-state index contributed by atoms with van der Waals surface area (Å²) in [5, 5.41) is 0. The van der Waals surface area contributed by atoms with Gasteiger partial charge in [-0.15, -0.1) is 0 Å². The van der Waals surface area contributed by atoms with Crippen LogP contribution in [0.1, 0.15) is 52.7 Å². The van der Waals surface area contributed by atoms with Crippen molar-refractivity contribution < 1.29 is 0 Å². The Bertz CT molecular complexity index is 418. The minimum absolute atomic E-state index is 0.231. The van der Waals surface area contributed by atoms with E-state index in [0.29, 0.717) is 0 Å². The quantitative estimate of drug-likeness (QED) is 0.648. The minimum Gasteiger partial charge on any atom is -0.366 e. The smallest absolute Gasteiger partial charge is 0.0404 e. The summed E-state index contributed by atoms with van der Waals surface area (Å²) < 4.78 is 0. The average Bonchev–Trinajstić information content (AvgIpc) is 2.57. The van der Waals surface area contributed by atoms with Gasteiger partial charge in [0, 0.05) is 17.8 Å². The zero-order valence-corrected chi connectivity index (χ0v) is 12.1. The molecular weight excluding hydrogens is 206 g/mol. The molecule has 0 amide bonds. The molecule has 1 nitrogen and oxygen atoms in total. The maximum Gasteiger partial charge on any atom is 0.0404 e. The molecular formula is C16H25N. The summed E-state index contributed by atoms with van der Waals surface area (Å²) in [7, 11) is 0. The maximum atomic E-state index is 2.52. The molecule has 17 heavy (non-hydrogen) atoms. The fraction of sp³-hybridized carbons (Fsp3) is 0.625. The third-order valence-electron chi connectivity index (χ3n) is 3.65. The fourth-order valence-electron chi connectivity index (χ4n) is 2.57. The molecule has 0 unspecified atom stereocenters. The van der Waals surface area contributed by atoms with Crippen LogP contribution in [0.25, 0.3) is 0 Å². The van der Waals surface area contributed by atoms with Gasteiger partial charge in [0.2, 0.25) is 0 Å². The SMILES string of the molecule is CC(C)(C)c1ccc2c(c1)CCN2C(C)(C)C. The lowest BCUT2D eigenvalue weighted by molar-refractivity contribution is 0.518. The third-order valence-corrected chi connectivity index (χ3v) is 3.65. The molecule has 1 aliphatic heterocycles. The number of fused-ring (bicyclic) bond motifs is 1. The maximum absolute atomic E-state index is 2.52. The van der Waals surface area contributed by atoms with Crippen LogP contribution in [0.5, 0.6) is 0 Å². The largest absolute Gasteiger partial charge is 0.366 e. The lowest BCUT2D eigenvalue weighted by Crippen LogP contribution is -2.40. The van der Waals surface area contributed by atoms with Gasteiger partial charge in [0.1, 0.15) is 0 Å². The predicted octanol–water partition coefficient (Wildman–Crippen LogP) is 4.15. The molecule has 2 rings (SSSR count). The Labute approximate surface area is 106 Å². The third kappa shape index (κ3) is 2.34. The molecule has 0 atom stereocenters. The Morgan fingerprint density at radius 2 is 1.65 bits per heavy atom. The molecule has 0 spiro atoms. The molecule has 0 aromatic heterocycles. The van der Waals surface area contributed by atoms with Gasteiger partial charge in [-0.05, 0) is 49.8 Å². The summed E-state index contributed by atoms with van der Waals surface area (Å²) in [5.41, 5.74) is 4.89. The second-order valence-electron chi connectivity index (χ2n) is 7.17. The van der Waals surface area contributed by atoms with E-state index in [0.717, 1.165) is 6.54 Å². The van der Waals surface area contributed by atoms with Gasteiger partial charge in [-0.3, -0.25) is 0 Å². The van der Waals surface area contributed by atoms with E-state index in [1.165, 1.54) is 23.2 Å². The van der Waals surface area contributed by atoms with Gasteiger partial charge in [0.15, 0.2) is 0 Å². The van der Waals surface area contributed by atoms with E-state index in [2.05, 4.69) is 64.6 Å². The van der Waals surface area contributed by atoms with E-state index in [1.54, 1.807) is 0 Å². The van der Waals surface area contributed by atoms with E-state index in [1.807, 2.05) is 0 Å². The molecule has 0 saturated carbocycles. The van der Waals surface area contributed by atoms with Crippen LogP contribution in [-0.2, 0) is 11.8 Å². The molecule has 1 aromatic carbocycles. The highest BCUT2D eigenvalue weighted by Gasteiger charge is 2.29. The molecule has 0 saturated heterocycles. The van der Waals surface area contributed by atoms with Gasteiger partial charge in [-0.1, -0.05) is 32.9 Å². The molecule has 94 valence electrons. The number of anilines is 1. The van der Waals surface area contributed by atoms with Crippen molar-refractivity contribution in [2.45, 2.75) is 58.9 Å². The van der Waals surface area contributed by atoms with Gasteiger partial charge >= 0.3 is 0 Å². The van der Waals surface area contributed by atoms with Crippen LogP contribution in [-0.4, -0.2) is 12.1 Å². The summed E-state index contributed by atoms with van der Waals surface area (Å²) in [6.07, 6.45) is 1.19. The molecule has 1 heteroatoms. The molecule has 0 fully saturated rings. The highest BCUT2D eigenvalue weighted by Crippen LogP contribution is 2.36. The van der Waals surface area contributed by atoms with E-state index < -0.39 is 0 Å². The van der Waals surface area contributed by atoms with Crippen LogP contribution in [0.3, 0.4) is 0 Å². The van der Waals surface area contributed by atoms with Crippen molar-refractivity contribution in [1.82, 2.24) is 0 Å². The standard InChI is InChI=1S/C16H25N/c1-15(2,3)13-7-8-14-12(11-13)9-10-17(14)16(4,5)6/h7-8,11H,9-10H2,1-6H3. The predicted molar refractivity (Wildman–Crippen MR) is 75.9 cm³/mol. The topological polar surface area (TPSA) is 3.24 Å². The molecule has 1 aromatic rings. The lowest BCUT2D eigenvalue weighted by Gasteiger charge is -2.34. The van der Waals surface area contributed by atoms with Crippen LogP contribution in [0.15, 0.2) is 18.2 Å². The van der Waals surface area contributed by atoms with Gasteiger partial charge < -0.3 is 4.90 Å². The van der Waals surface area contributed by atoms with Crippen LogP contribution in [0, 0.1) is 0 Å². The molecule has 1 heterocycles. The van der Waals surface area contributed by atoms with Crippen molar-refractivity contribution in [2.75, 3.05) is 11.4 Å². The lowest BCUT2D eigenvalue weighted by atomic mass is 9.86. The summed E-state index contributed by atoms with van der Waals surface area (Å²) in [5.74, 6) is 0. The van der Waals surface area contributed by atoms with Gasteiger partial charge in [-0.25, -0.2) is 0 Å². The number of rotatable bonds is 0. The summed E-state index contributed by atoms with van der Waals surface area (Å²) >= 11 is 0. The van der Waals surface area contributed by atoms with Gasteiger partial charge in [-0.2, -0.15) is 0 Å². The van der Waals surface area contributed by atoms with Crippen molar-refractivity contribution in [3.63, 3.8) is 0 Å². The Morgan fingerprint density at radius 1 is 1.00 bits per heavy atom. The van der Waals surface area contributed by atoms with Crippen LogP contribution in [0.2, 0.25) is 0 Å². The molecule has 1 aliphatic rings. The Morgan fingerprint density at radius 3 is 2.18 bits per heavy atom. The molecule has 0 bridgehead atoms. The first kappa shape index (κ1) is 12.5. The number of benzene rings is 1. The Hall–Kier alpha value is -0.980. The normalized spacial score (nSPS) is 16.2. The van der Waals surface area contributed by atoms with E-state index in [4.69, 9.17) is 0 Å². The number of nitrogens with zero attached hydrogens (tertiary/aromatic N) is 1. The Balaban J connectivity index is 2.39. The first-order valence-corrected chi connectivity index (χ1v) is 6.61. The zero-order chi connectivity index (χ0) is 12.8. The summed E-state index contributed by atoms with van der Waals surface area (Å²) in [6.45, 7) is 14.9. The summed E-state index contributed by atoms with van der Waals surface area (Å²) in [4.78, 5) is 2.52. The second kappa shape index (κ2) is 3.76. The molecule has 0 N–H and O–H groups in total. The van der Waals surface area contributed by atoms with E-state index in [-0.39, 0.29) is 11.0 Å². The zero-order valence-electron chi connectivity index (χ0n) is 12.1. The number of hydrogen-bond donors (Lipinski definition) is 0. The highest BCUT2D eigenvalue weighted by molar-refractivity contribution is 5.61. The van der Waals surface area contributed by atoms with Crippen LogP contribution < -0.4 is 4.90 Å². The van der Waals surface area contributed by atoms with E-state index in [9.17, 15) is 0 Å². The average molecular weight is 231 g/mol. The monoisotopic (exact) mass is 231 g/mol. The van der Waals surface area contributed by atoms with Crippen molar-refractivity contribution in [3.05, 3.63) is 29.3 Å². The first-order valence-electron chi connectivity index (χ1n) is 6.61. The van der Waals surface area contributed by atoms with Crippen molar-refractivity contribution >= 4 is 5.69 Å². The van der Waals surface area contributed by atoms with Crippen molar-refractivity contribution in [1.29, 1.82) is 0 Å². The van der Waals surface area contributed by atoms with Gasteiger partial charge in [0.05, 0.1) is 0 Å².